The van der Waals surface area contributed by atoms with Crippen molar-refractivity contribution in [3.05, 3.63) is 77.9 Å². The van der Waals surface area contributed by atoms with E-state index in [-0.39, 0.29) is 17.3 Å². The molecule has 1 aliphatic heterocycles. The van der Waals surface area contributed by atoms with Crippen LogP contribution < -0.4 is 4.72 Å². The van der Waals surface area contributed by atoms with E-state index in [2.05, 4.69) is 4.72 Å². The van der Waals surface area contributed by atoms with E-state index in [1.165, 1.54) is 0 Å². The van der Waals surface area contributed by atoms with Crippen LogP contribution in [0.3, 0.4) is 0 Å². The number of benzene rings is 3. The zero-order chi connectivity index (χ0) is 19.6. The SMILES string of the molecule is O=C1CCCN1Cc1ccc(CNS(=O)(=O)c2ccc3ccccc3c2)cc1. The standard InChI is InChI=1S/C22H22N2O3S/c25-22-6-3-13-24(22)16-18-9-7-17(8-10-18)15-23-28(26,27)21-12-11-19-4-1-2-5-20(19)14-21/h1-2,4-5,7-12,14,23H,3,6,13,15-16H2. The van der Waals surface area contributed by atoms with E-state index in [1.54, 1.807) is 12.1 Å². The van der Waals surface area contributed by atoms with Crippen molar-refractivity contribution in [3.63, 3.8) is 0 Å². The highest BCUT2D eigenvalue weighted by molar-refractivity contribution is 7.89. The molecule has 1 saturated heterocycles. The van der Waals surface area contributed by atoms with Gasteiger partial charge in [-0.2, -0.15) is 0 Å². The Morgan fingerprint density at radius 2 is 1.61 bits per heavy atom. The lowest BCUT2D eigenvalue weighted by molar-refractivity contribution is -0.128. The topological polar surface area (TPSA) is 66.5 Å². The van der Waals surface area contributed by atoms with Gasteiger partial charge in [-0.25, -0.2) is 13.1 Å². The second-order valence-corrected chi connectivity index (χ2v) is 8.84. The zero-order valence-corrected chi connectivity index (χ0v) is 16.3. The summed E-state index contributed by atoms with van der Waals surface area (Å²) in [4.78, 5) is 13.8. The van der Waals surface area contributed by atoms with E-state index in [9.17, 15) is 13.2 Å². The van der Waals surface area contributed by atoms with Crippen molar-refractivity contribution < 1.29 is 13.2 Å². The summed E-state index contributed by atoms with van der Waals surface area (Å²) in [5.41, 5.74) is 1.93. The summed E-state index contributed by atoms with van der Waals surface area (Å²) in [6, 6.07) is 20.5. The number of amides is 1. The quantitative estimate of drug-likeness (QED) is 0.696. The molecule has 1 heterocycles. The van der Waals surface area contributed by atoms with Gasteiger partial charge in [0, 0.05) is 26.1 Å². The predicted molar refractivity (Wildman–Crippen MR) is 109 cm³/mol. The smallest absolute Gasteiger partial charge is 0.240 e. The van der Waals surface area contributed by atoms with Crippen LogP contribution in [0.25, 0.3) is 10.8 Å². The lowest BCUT2D eigenvalue weighted by atomic mass is 10.1. The van der Waals surface area contributed by atoms with Crippen LogP contribution in [0, 0.1) is 0 Å². The lowest BCUT2D eigenvalue weighted by Crippen LogP contribution is -2.24. The molecule has 3 aromatic rings. The van der Waals surface area contributed by atoms with Gasteiger partial charge in [-0.1, -0.05) is 54.6 Å². The summed E-state index contributed by atoms with van der Waals surface area (Å²) in [5, 5.41) is 1.90. The first-order valence-corrected chi connectivity index (χ1v) is 10.8. The average molecular weight is 394 g/mol. The molecule has 28 heavy (non-hydrogen) atoms. The van der Waals surface area contributed by atoms with E-state index in [1.807, 2.05) is 59.5 Å². The van der Waals surface area contributed by atoms with Crippen molar-refractivity contribution in [2.24, 2.45) is 0 Å². The van der Waals surface area contributed by atoms with Crippen LogP contribution in [0.15, 0.2) is 71.6 Å². The van der Waals surface area contributed by atoms with Gasteiger partial charge in [0.15, 0.2) is 0 Å². The highest BCUT2D eigenvalue weighted by Gasteiger charge is 2.20. The number of carbonyl (C=O) groups excluding carboxylic acids is 1. The van der Waals surface area contributed by atoms with Gasteiger partial charge in [0.05, 0.1) is 4.90 Å². The highest BCUT2D eigenvalue weighted by atomic mass is 32.2. The summed E-state index contributed by atoms with van der Waals surface area (Å²) in [6.45, 7) is 1.64. The van der Waals surface area contributed by atoms with Gasteiger partial charge < -0.3 is 4.90 Å². The molecule has 4 rings (SSSR count). The van der Waals surface area contributed by atoms with Crippen LogP contribution in [0.1, 0.15) is 24.0 Å². The number of likely N-dealkylation sites (tertiary alicyclic amines) is 1. The first-order valence-electron chi connectivity index (χ1n) is 9.35. The molecule has 0 bridgehead atoms. The molecular weight excluding hydrogens is 372 g/mol. The Balaban J connectivity index is 1.41. The van der Waals surface area contributed by atoms with Crippen molar-refractivity contribution in [1.29, 1.82) is 0 Å². The first-order chi connectivity index (χ1) is 13.5. The Kier molecular flexibility index (Phi) is 5.15. The van der Waals surface area contributed by atoms with E-state index < -0.39 is 10.0 Å². The van der Waals surface area contributed by atoms with Crippen LogP contribution in [-0.2, 0) is 27.9 Å². The number of nitrogens with zero attached hydrogens (tertiary/aromatic N) is 1. The molecule has 0 aliphatic carbocycles. The van der Waals surface area contributed by atoms with Gasteiger partial charge in [0.1, 0.15) is 0 Å². The molecular formula is C22H22N2O3S. The molecule has 0 spiro atoms. The Morgan fingerprint density at radius 3 is 2.32 bits per heavy atom. The largest absolute Gasteiger partial charge is 0.338 e. The van der Waals surface area contributed by atoms with Gasteiger partial charge in [-0.3, -0.25) is 4.79 Å². The van der Waals surface area contributed by atoms with Crippen molar-refractivity contribution in [3.8, 4) is 0 Å². The summed E-state index contributed by atoms with van der Waals surface area (Å²) < 4.78 is 27.9. The monoisotopic (exact) mass is 394 g/mol. The predicted octanol–water partition coefficient (Wildman–Crippen LogP) is 3.44. The number of hydrogen-bond acceptors (Lipinski definition) is 3. The minimum atomic E-state index is -3.59. The fourth-order valence-electron chi connectivity index (χ4n) is 3.45. The van der Waals surface area contributed by atoms with Gasteiger partial charge in [-0.15, -0.1) is 0 Å². The van der Waals surface area contributed by atoms with E-state index in [0.717, 1.165) is 34.9 Å². The normalized spacial score (nSPS) is 14.7. The van der Waals surface area contributed by atoms with E-state index >= 15 is 0 Å². The van der Waals surface area contributed by atoms with Crippen LogP contribution in [-0.4, -0.2) is 25.8 Å². The lowest BCUT2D eigenvalue weighted by Gasteiger charge is -2.15. The number of sulfonamides is 1. The van der Waals surface area contributed by atoms with Gasteiger partial charge in [-0.05, 0) is 40.5 Å². The summed E-state index contributed by atoms with van der Waals surface area (Å²) in [7, 11) is -3.59. The zero-order valence-electron chi connectivity index (χ0n) is 15.5. The molecule has 1 amide bonds. The Bertz CT molecular complexity index is 1110. The summed E-state index contributed by atoms with van der Waals surface area (Å²) >= 11 is 0. The summed E-state index contributed by atoms with van der Waals surface area (Å²) in [5.74, 6) is 0.201. The maximum atomic E-state index is 12.6. The Hall–Kier alpha value is -2.70. The number of carbonyl (C=O) groups is 1. The van der Waals surface area contributed by atoms with E-state index in [4.69, 9.17) is 0 Å². The maximum Gasteiger partial charge on any atom is 0.240 e. The third kappa shape index (κ3) is 4.08. The second-order valence-electron chi connectivity index (χ2n) is 7.07. The summed E-state index contributed by atoms with van der Waals surface area (Å²) in [6.07, 6.45) is 1.56. The number of nitrogens with one attached hydrogen (secondary N) is 1. The molecule has 0 aromatic heterocycles. The van der Waals surface area contributed by atoms with Crippen LogP contribution >= 0.6 is 0 Å². The molecule has 0 radical (unpaired) electrons. The van der Waals surface area contributed by atoms with Gasteiger partial charge >= 0.3 is 0 Å². The van der Waals surface area contributed by atoms with Crippen molar-refractivity contribution >= 4 is 26.7 Å². The van der Waals surface area contributed by atoms with E-state index in [0.29, 0.717) is 13.0 Å². The van der Waals surface area contributed by atoms with Crippen LogP contribution in [0.5, 0.6) is 0 Å². The minimum absolute atomic E-state index is 0.201. The highest BCUT2D eigenvalue weighted by Crippen LogP contribution is 2.19. The second kappa shape index (κ2) is 7.73. The van der Waals surface area contributed by atoms with Crippen molar-refractivity contribution in [2.75, 3.05) is 6.54 Å². The Labute approximate surface area is 165 Å². The van der Waals surface area contributed by atoms with Gasteiger partial charge in [0.25, 0.3) is 0 Å². The minimum Gasteiger partial charge on any atom is -0.338 e. The molecule has 144 valence electrons. The van der Waals surface area contributed by atoms with Gasteiger partial charge in [0.2, 0.25) is 15.9 Å². The van der Waals surface area contributed by atoms with Crippen molar-refractivity contribution in [1.82, 2.24) is 9.62 Å². The fraction of sp³-hybridized carbons (Fsp3) is 0.227. The van der Waals surface area contributed by atoms with Crippen LogP contribution in [0.2, 0.25) is 0 Å². The molecule has 0 saturated carbocycles. The number of rotatable bonds is 6. The molecule has 1 N–H and O–H groups in total. The number of fused-ring (bicyclic) bond motifs is 1. The molecule has 6 heteroatoms. The van der Waals surface area contributed by atoms with Crippen molar-refractivity contribution in [2.45, 2.75) is 30.8 Å². The Morgan fingerprint density at radius 1 is 0.893 bits per heavy atom. The molecule has 5 nitrogen and oxygen atoms in total. The third-order valence-electron chi connectivity index (χ3n) is 5.07. The third-order valence-corrected chi connectivity index (χ3v) is 6.46. The van der Waals surface area contributed by atoms with Crippen LogP contribution in [0.4, 0.5) is 0 Å². The fourth-order valence-corrected chi connectivity index (χ4v) is 4.50. The molecule has 3 aromatic carbocycles. The number of hydrogen-bond donors (Lipinski definition) is 1. The molecule has 0 unspecified atom stereocenters. The average Bonchev–Trinajstić information content (AvgIpc) is 3.11. The maximum absolute atomic E-state index is 12.6. The molecule has 0 atom stereocenters. The first kappa shape index (κ1) is 18.7. The molecule has 1 fully saturated rings. The molecule has 1 aliphatic rings.